The van der Waals surface area contributed by atoms with Gasteiger partial charge < -0.3 is 15.5 Å². The van der Waals surface area contributed by atoms with Gasteiger partial charge in [-0.2, -0.15) is 0 Å². The standard InChI is InChI=1S/C23H33N3/c1-9-25-16-23(19(5)24-7)26(8)20(6)22-14-12-21(13-15-22)18(4)11-10-17(2)3/h9-15,23-25H,1,5-6,16H2,2-4,7-8H3/b18-11+. The molecule has 1 aromatic carbocycles. The van der Waals surface area contributed by atoms with Crippen molar-refractivity contribution in [3.05, 3.63) is 84.8 Å². The summed E-state index contributed by atoms with van der Waals surface area (Å²) in [6, 6.07) is 8.60. The Morgan fingerprint density at radius 1 is 1.08 bits per heavy atom. The molecular weight excluding hydrogens is 318 g/mol. The summed E-state index contributed by atoms with van der Waals surface area (Å²) in [5.41, 5.74) is 6.73. The summed E-state index contributed by atoms with van der Waals surface area (Å²) in [4.78, 5) is 2.14. The average molecular weight is 352 g/mol. The van der Waals surface area contributed by atoms with Crippen molar-refractivity contribution in [1.82, 2.24) is 15.5 Å². The van der Waals surface area contributed by atoms with Crippen LogP contribution < -0.4 is 10.6 Å². The molecule has 0 aliphatic heterocycles. The van der Waals surface area contributed by atoms with E-state index in [2.05, 4.69) is 92.5 Å². The van der Waals surface area contributed by atoms with Gasteiger partial charge in [0.1, 0.15) is 0 Å². The van der Waals surface area contributed by atoms with Crippen LogP contribution in [-0.4, -0.2) is 31.6 Å². The largest absolute Gasteiger partial charge is 0.390 e. The summed E-state index contributed by atoms with van der Waals surface area (Å²) in [5, 5.41) is 6.31. The van der Waals surface area contributed by atoms with Crippen LogP contribution in [0.2, 0.25) is 0 Å². The van der Waals surface area contributed by atoms with E-state index < -0.39 is 0 Å². The molecule has 0 aliphatic carbocycles. The molecular formula is C23H33N3. The third kappa shape index (κ3) is 5.99. The number of hydrogen-bond donors (Lipinski definition) is 2. The minimum atomic E-state index is 0.0736. The maximum atomic E-state index is 4.28. The second-order valence-corrected chi connectivity index (χ2v) is 6.63. The van der Waals surface area contributed by atoms with Crippen molar-refractivity contribution >= 4 is 11.3 Å². The van der Waals surface area contributed by atoms with Crippen molar-refractivity contribution in [2.75, 3.05) is 20.6 Å². The number of allylic oxidation sites excluding steroid dienone is 4. The van der Waals surface area contributed by atoms with E-state index in [4.69, 9.17) is 0 Å². The first kappa shape index (κ1) is 21.4. The monoisotopic (exact) mass is 351 g/mol. The highest BCUT2D eigenvalue weighted by molar-refractivity contribution is 5.69. The van der Waals surface area contributed by atoms with Gasteiger partial charge in [-0.15, -0.1) is 0 Å². The molecule has 1 atom stereocenters. The Labute approximate surface area is 159 Å². The van der Waals surface area contributed by atoms with Gasteiger partial charge in [-0.1, -0.05) is 61.7 Å². The molecule has 26 heavy (non-hydrogen) atoms. The first-order chi connectivity index (χ1) is 12.3. The summed E-state index contributed by atoms with van der Waals surface area (Å²) in [6.07, 6.45) is 5.98. The Morgan fingerprint density at radius 2 is 1.65 bits per heavy atom. The SMILES string of the molecule is C=CNCC(C(=C)NC)N(C)C(=C)c1ccc(/C(C)=C/C=C(C)C)cc1. The van der Waals surface area contributed by atoms with Crippen LogP contribution in [-0.2, 0) is 0 Å². The highest BCUT2D eigenvalue weighted by atomic mass is 15.2. The number of likely N-dealkylation sites (N-methyl/N-ethyl adjacent to an activating group) is 2. The van der Waals surface area contributed by atoms with Crippen LogP contribution in [0, 0.1) is 0 Å². The van der Waals surface area contributed by atoms with Crippen molar-refractivity contribution in [2.24, 2.45) is 0 Å². The number of nitrogens with one attached hydrogen (secondary N) is 2. The van der Waals surface area contributed by atoms with Gasteiger partial charge in [0.2, 0.25) is 0 Å². The Kier molecular flexibility index (Phi) is 8.50. The molecule has 0 fully saturated rings. The molecule has 1 aromatic rings. The number of benzene rings is 1. The van der Waals surface area contributed by atoms with E-state index in [1.165, 1.54) is 16.7 Å². The minimum absolute atomic E-state index is 0.0736. The molecule has 0 aromatic heterocycles. The third-order valence-electron chi connectivity index (χ3n) is 4.41. The Morgan fingerprint density at radius 3 is 2.15 bits per heavy atom. The molecule has 1 unspecified atom stereocenters. The van der Waals surface area contributed by atoms with Crippen LogP contribution in [0.5, 0.6) is 0 Å². The topological polar surface area (TPSA) is 27.3 Å². The lowest BCUT2D eigenvalue weighted by Gasteiger charge is -2.33. The van der Waals surface area contributed by atoms with Gasteiger partial charge >= 0.3 is 0 Å². The fraction of sp³-hybridized carbons (Fsp3) is 0.304. The number of nitrogens with zero attached hydrogens (tertiary/aromatic N) is 1. The first-order valence-corrected chi connectivity index (χ1v) is 8.87. The van der Waals surface area contributed by atoms with Gasteiger partial charge in [0.15, 0.2) is 0 Å². The van der Waals surface area contributed by atoms with E-state index in [9.17, 15) is 0 Å². The molecule has 0 aliphatic rings. The Balaban J connectivity index is 2.98. The molecule has 0 amide bonds. The number of rotatable bonds is 10. The molecule has 0 radical (unpaired) electrons. The molecule has 0 saturated carbocycles. The fourth-order valence-corrected chi connectivity index (χ4v) is 2.56. The van der Waals surface area contributed by atoms with Crippen LogP contribution in [0.3, 0.4) is 0 Å². The van der Waals surface area contributed by atoms with Gasteiger partial charge in [-0.05, 0) is 43.7 Å². The van der Waals surface area contributed by atoms with Gasteiger partial charge in [0.05, 0.1) is 6.04 Å². The van der Waals surface area contributed by atoms with Gasteiger partial charge in [-0.25, -0.2) is 0 Å². The van der Waals surface area contributed by atoms with E-state index in [1.807, 2.05) is 14.1 Å². The van der Waals surface area contributed by atoms with E-state index in [1.54, 1.807) is 6.20 Å². The lowest BCUT2D eigenvalue weighted by molar-refractivity contribution is 0.373. The molecule has 3 nitrogen and oxygen atoms in total. The summed E-state index contributed by atoms with van der Waals surface area (Å²) in [6.45, 7) is 19.2. The highest BCUT2D eigenvalue weighted by Gasteiger charge is 2.19. The van der Waals surface area contributed by atoms with E-state index >= 15 is 0 Å². The molecule has 0 bridgehead atoms. The third-order valence-corrected chi connectivity index (χ3v) is 4.41. The zero-order valence-corrected chi connectivity index (χ0v) is 16.9. The maximum Gasteiger partial charge on any atom is 0.0850 e. The van der Waals surface area contributed by atoms with E-state index in [0.29, 0.717) is 6.54 Å². The second kappa shape index (κ2) is 10.3. The first-order valence-electron chi connectivity index (χ1n) is 8.87. The Bertz CT molecular complexity index is 689. The van der Waals surface area contributed by atoms with E-state index in [0.717, 1.165) is 17.0 Å². The van der Waals surface area contributed by atoms with Crippen LogP contribution in [0.25, 0.3) is 11.3 Å². The maximum absolute atomic E-state index is 4.28. The highest BCUT2D eigenvalue weighted by Crippen LogP contribution is 2.23. The lowest BCUT2D eigenvalue weighted by atomic mass is 10.0. The Hall–Kier alpha value is -2.68. The average Bonchev–Trinajstić information content (AvgIpc) is 2.65. The zero-order valence-electron chi connectivity index (χ0n) is 16.9. The fourth-order valence-electron chi connectivity index (χ4n) is 2.56. The van der Waals surface area contributed by atoms with Crippen molar-refractivity contribution in [2.45, 2.75) is 26.8 Å². The summed E-state index contributed by atoms with van der Waals surface area (Å²) < 4.78 is 0. The van der Waals surface area contributed by atoms with Crippen molar-refractivity contribution < 1.29 is 0 Å². The molecule has 3 heteroatoms. The van der Waals surface area contributed by atoms with Crippen molar-refractivity contribution in [1.29, 1.82) is 0 Å². The van der Waals surface area contributed by atoms with Gasteiger partial charge in [-0.3, -0.25) is 0 Å². The van der Waals surface area contributed by atoms with Crippen LogP contribution in [0.1, 0.15) is 31.9 Å². The molecule has 140 valence electrons. The van der Waals surface area contributed by atoms with E-state index in [-0.39, 0.29) is 6.04 Å². The molecule has 0 spiro atoms. The smallest absolute Gasteiger partial charge is 0.0850 e. The predicted molar refractivity (Wildman–Crippen MR) is 117 cm³/mol. The van der Waals surface area contributed by atoms with Crippen LogP contribution in [0.4, 0.5) is 0 Å². The summed E-state index contributed by atoms with van der Waals surface area (Å²) >= 11 is 0. The quantitative estimate of drug-likeness (QED) is 0.593. The minimum Gasteiger partial charge on any atom is -0.390 e. The second-order valence-electron chi connectivity index (χ2n) is 6.63. The lowest BCUT2D eigenvalue weighted by Crippen LogP contribution is -2.41. The molecule has 2 N–H and O–H groups in total. The van der Waals surface area contributed by atoms with Crippen LogP contribution in [0.15, 0.2) is 73.6 Å². The molecule has 0 saturated heterocycles. The molecule has 0 heterocycles. The summed E-state index contributed by atoms with van der Waals surface area (Å²) in [7, 11) is 3.92. The normalized spacial score (nSPS) is 12.0. The molecule has 1 rings (SSSR count). The van der Waals surface area contributed by atoms with Crippen molar-refractivity contribution in [3.63, 3.8) is 0 Å². The van der Waals surface area contributed by atoms with Crippen LogP contribution >= 0.6 is 0 Å². The van der Waals surface area contributed by atoms with Gasteiger partial charge in [0.25, 0.3) is 0 Å². The summed E-state index contributed by atoms with van der Waals surface area (Å²) in [5.74, 6) is 0. The van der Waals surface area contributed by atoms with Gasteiger partial charge in [0, 0.05) is 32.0 Å². The number of hydrogen-bond acceptors (Lipinski definition) is 3. The van der Waals surface area contributed by atoms with Crippen molar-refractivity contribution in [3.8, 4) is 0 Å². The predicted octanol–water partition coefficient (Wildman–Crippen LogP) is 4.79. The zero-order chi connectivity index (χ0) is 19.7.